The third kappa shape index (κ3) is 13.0. The molecule has 0 amide bonds. The highest BCUT2D eigenvalue weighted by Gasteiger charge is 2.35. The van der Waals surface area contributed by atoms with E-state index in [1.165, 1.54) is 64.9 Å². The van der Waals surface area contributed by atoms with Gasteiger partial charge in [0.25, 0.3) is 0 Å². The Morgan fingerprint density at radius 3 is 2.00 bits per heavy atom. The molecule has 2 atom stereocenters. The highest BCUT2D eigenvalue weighted by Crippen LogP contribution is 2.52. The van der Waals surface area contributed by atoms with Gasteiger partial charge in [0.15, 0.2) is 0 Å². The second-order valence-corrected chi connectivity index (χ2v) is 11.4. The Bertz CT molecular complexity index is 616. The average molecular weight is 489 g/mol. The van der Waals surface area contributed by atoms with Gasteiger partial charge < -0.3 is 9.26 Å². The van der Waals surface area contributed by atoms with Gasteiger partial charge in [-0.05, 0) is 18.8 Å². The number of esters is 1. The van der Waals surface area contributed by atoms with Crippen LogP contribution in [0.4, 0.5) is 0 Å². The number of ether oxygens (including phenoxy) is 1. The molecule has 0 N–H and O–H groups in total. The molecule has 2 unspecified atom stereocenters. The standard InChI is InChI=1S/C26H49O6P/c1-6-18-24(25-23(4)21-30-26(25)27)32-33(28,29-5)31-20-17-15-13-11-9-7-8-10-12-14-16-19-22(2)3/h22-23H,6-21H2,1-5H3/b25-24+. The van der Waals surface area contributed by atoms with Gasteiger partial charge in [0, 0.05) is 19.4 Å². The Balaban J connectivity index is 2.19. The van der Waals surface area contributed by atoms with Crippen molar-refractivity contribution < 1.29 is 27.7 Å². The Morgan fingerprint density at radius 1 is 1.00 bits per heavy atom. The van der Waals surface area contributed by atoms with Gasteiger partial charge in [0.2, 0.25) is 0 Å². The Kier molecular flexibility index (Phi) is 16.1. The molecule has 0 radical (unpaired) electrons. The molecule has 7 heteroatoms. The molecular formula is C26H49O6P. The molecule has 0 aromatic carbocycles. The fourth-order valence-electron chi connectivity index (χ4n) is 4.08. The summed E-state index contributed by atoms with van der Waals surface area (Å²) in [5.41, 5.74) is 0.452. The summed E-state index contributed by atoms with van der Waals surface area (Å²) in [6, 6.07) is 0. The Hall–Kier alpha value is -0.840. The lowest BCUT2D eigenvalue weighted by Crippen LogP contribution is -2.08. The zero-order valence-electron chi connectivity index (χ0n) is 21.9. The molecular weight excluding hydrogens is 439 g/mol. The third-order valence-electron chi connectivity index (χ3n) is 6.08. The fourth-order valence-corrected chi connectivity index (χ4v) is 5.13. The van der Waals surface area contributed by atoms with Crippen LogP contribution in [0.2, 0.25) is 0 Å². The van der Waals surface area contributed by atoms with Gasteiger partial charge in [-0.15, -0.1) is 0 Å². The maximum atomic E-state index is 12.9. The number of carbonyl (C=O) groups excluding carboxylic acids is 1. The predicted molar refractivity (Wildman–Crippen MR) is 134 cm³/mol. The average Bonchev–Trinajstić information content (AvgIpc) is 3.11. The van der Waals surface area contributed by atoms with Crippen LogP contribution in [0.5, 0.6) is 0 Å². The lowest BCUT2D eigenvalue weighted by Gasteiger charge is -2.20. The van der Waals surface area contributed by atoms with Crippen LogP contribution >= 0.6 is 7.82 Å². The van der Waals surface area contributed by atoms with Crippen LogP contribution in [0, 0.1) is 11.8 Å². The van der Waals surface area contributed by atoms with E-state index in [-0.39, 0.29) is 5.92 Å². The molecule has 0 saturated carbocycles. The first-order valence-electron chi connectivity index (χ1n) is 13.2. The zero-order chi connectivity index (χ0) is 24.5. The second kappa shape index (κ2) is 17.6. The van der Waals surface area contributed by atoms with E-state index in [1.54, 1.807) is 0 Å². The molecule has 1 aliphatic rings. The quantitative estimate of drug-likeness (QED) is 0.0563. The number of hydrogen-bond donors (Lipinski definition) is 0. The first kappa shape index (κ1) is 30.2. The lowest BCUT2D eigenvalue weighted by atomic mass is 10.0. The maximum absolute atomic E-state index is 12.9. The number of carbonyl (C=O) groups is 1. The molecule has 0 spiro atoms. The van der Waals surface area contributed by atoms with Crippen molar-refractivity contribution in [1.82, 2.24) is 0 Å². The van der Waals surface area contributed by atoms with Gasteiger partial charge in [0.1, 0.15) is 5.76 Å². The number of rotatable bonds is 20. The first-order valence-corrected chi connectivity index (χ1v) is 14.7. The molecule has 0 aliphatic carbocycles. The van der Waals surface area contributed by atoms with E-state index in [0.717, 1.165) is 31.6 Å². The van der Waals surface area contributed by atoms with Crippen LogP contribution < -0.4 is 0 Å². The van der Waals surface area contributed by atoms with E-state index in [9.17, 15) is 9.36 Å². The van der Waals surface area contributed by atoms with E-state index in [4.69, 9.17) is 18.3 Å². The molecule has 6 nitrogen and oxygen atoms in total. The summed E-state index contributed by atoms with van der Waals surface area (Å²) >= 11 is 0. The molecule has 1 heterocycles. The van der Waals surface area contributed by atoms with Crippen molar-refractivity contribution in [2.75, 3.05) is 20.3 Å². The van der Waals surface area contributed by atoms with Crippen LogP contribution in [-0.2, 0) is 27.7 Å². The van der Waals surface area contributed by atoms with Gasteiger partial charge in [-0.2, -0.15) is 0 Å². The van der Waals surface area contributed by atoms with Crippen molar-refractivity contribution in [3.8, 4) is 0 Å². The van der Waals surface area contributed by atoms with Gasteiger partial charge in [-0.25, -0.2) is 9.36 Å². The van der Waals surface area contributed by atoms with Crippen molar-refractivity contribution in [2.24, 2.45) is 11.8 Å². The van der Waals surface area contributed by atoms with Crippen LogP contribution in [-0.4, -0.2) is 26.3 Å². The largest absolute Gasteiger partial charge is 0.529 e. The summed E-state index contributed by atoms with van der Waals surface area (Å²) < 4.78 is 34.3. The van der Waals surface area contributed by atoms with E-state index in [2.05, 4.69) is 13.8 Å². The van der Waals surface area contributed by atoms with Crippen molar-refractivity contribution in [3.63, 3.8) is 0 Å². The number of allylic oxidation sites excluding steroid dienone is 1. The lowest BCUT2D eigenvalue weighted by molar-refractivity contribution is -0.135. The molecule has 1 fully saturated rings. The van der Waals surface area contributed by atoms with E-state index >= 15 is 0 Å². The summed E-state index contributed by atoms with van der Waals surface area (Å²) in [5, 5.41) is 0. The molecule has 1 saturated heterocycles. The molecule has 33 heavy (non-hydrogen) atoms. The van der Waals surface area contributed by atoms with Crippen molar-refractivity contribution in [1.29, 1.82) is 0 Å². The minimum Gasteiger partial charge on any atom is -0.462 e. The van der Waals surface area contributed by atoms with E-state index in [1.807, 2.05) is 13.8 Å². The first-order chi connectivity index (χ1) is 15.8. The van der Waals surface area contributed by atoms with Gasteiger partial charge >= 0.3 is 13.8 Å². The van der Waals surface area contributed by atoms with Gasteiger partial charge in [-0.1, -0.05) is 98.3 Å². The van der Waals surface area contributed by atoms with E-state index < -0.39 is 13.8 Å². The highest BCUT2D eigenvalue weighted by atomic mass is 31.2. The monoisotopic (exact) mass is 488 g/mol. The normalized spacial score (nSPS) is 19.6. The van der Waals surface area contributed by atoms with Gasteiger partial charge in [-0.3, -0.25) is 9.05 Å². The van der Waals surface area contributed by atoms with Crippen molar-refractivity contribution >= 4 is 13.8 Å². The van der Waals surface area contributed by atoms with Crippen LogP contribution in [0.1, 0.15) is 118 Å². The van der Waals surface area contributed by atoms with Crippen LogP contribution in [0.15, 0.2) is 11.3 Å². The minimum absolute atomic E-state index is 0.0887. The Morgan fingerprint density at radius 2 is 1.55 bits per heavy atom. The topological polar surface area (TPSA) is 71.1 Å². The molecule has 0 aromatic heterocycles. The highest BCUT2D eigenvalue weighted by molar-refractivity contribution is 7.48. The molecule has 0 bridgehead atoms. The molecule has 1 rings (SSSR count). The smallest absolute Gasteiger partial charge is 0.462 e. The van der Waals surface area contributed by atoms with E-state index in [0.29, 0.717) is 31.0 Å². The fraction of sp³-hybridized carbons (Fsp3) is 0.885. The molecule has 194 valence electrons. The number of cyclic esters (lactones) is 1. The second-order valence-electron chi connectivity index (χ2n) is 9.71. The summed E-state index contributed by atoms with van der Waals surface area (Å²) in [7, 11) is -2.43. The summed E-state index contributed by atoms with van der Waals surface area (Å²) in [6.07, 6.45) is 16.3. The van der Waals surface area contributed by atoms with Crippen LogP contribution in [0.3, 0.4) is 0 Å². The minimum atomic E-state index is -3.75. The van der Waals surface area contributed by atoms with Crippen LogP contribution in [0.25, 0.3) is 0 Å². The SMILES string of the molecule is CCC/C(OP(=O)(OC)OCCCCCCCCCCCCCC(C)C)=C1\C(=O)OCC1C. The van der Waals surface area contributed by atoms with Gasteiger partial charge in [0.05, 0.1) is 18.8 Å². The predicted octanol–water partition coefficient (Wildman–Crippen LogP) is 8.36. The Labute approximate surface area is 202 Å². The number of unbranched alkanes of at least 4 members (excludes halogenated alkanes) is 10. The third-order valence-corrected chi connectivity index (χ3v) is 7.47. The summed E-state index contributed by atoms with van der Waals surface area (Å²) in [4.78, 5) is 12.1. The van der Waals surface area contributed by atoms with Crippen molar-refractivity contribution in [3.05, 3.63) is 11.3 Å². The summed E-state index contributed by atoms with van der Waals surface area (Å²) in [6.45, 7) is 9.10. The molecule has 0 aromatic rings. The van der Waals surface area contributed by atoms with Crippen molar-refractivity contribution in [2.45, 2.75) is 118 Å². The maximum Gasteiger partial charge on any atom is 0.529 e. The number of phosphoric ester groups is 1. The zero-order valence-corrected chi connectivity index (χ0v) is 22.8. The number of phosphoric acid groups is 1. The molecule has 1 aliphatic heterocycles. The number of hydrogen-bond acceptors (Lipinski definition) is 6. The summed E-state index contributed by atoms with van der Waals surface area (Å²) in [5.74, 6) is 0.716.